The van der Waals surface area contributed by atoms with Gasteiger partial charge in [-0.1, -0.05) is 45.0 Å². The van der Waals surface area contributed by atoms with Crippen LogP contribution in [0.15, 0.2) is 70.2 Å². The van der Waals surface area contributed by atoms with E-state index in [1.807, 2.05) is 19.1 Å². The van der Waals surface area contributed by atoms with E-state index in [-0.39, 0.29) is 24.4 Å². The molecular formula is C25H30N2O4S. The molecule has 170 valence electrons. The Hall–Kier alpha value is -2.90. The Kier molecular flexibility index (Phi) is 6.91. The Balaban J connectivity index is 2.01. The van der Waals surface area contributed by atoms with Crippen molar-refractivity contribution in [2.24, 2.45) is 0 Å². The number of hydrogen-bond donors (Lipinski definition) is 1. The van der Waals surface area contributed by atoms with Crippen LogP contribution in [0.3, 0.4) is 0 Å². The Morgan fingerprint density at radius 1 is 1.03 bits per heavy atom. The number of benzene rings is 2. The third kappa shape index (κ3) is 5.29. The van der Waals surface area contributed by atoms with E-state index in [1.165, 1.54) is 10.6 Å². The number of furan rings is 1. The average molecular weight is 455 g/mol. The highest BCUT2D eigenvalue weighted by Crippen LogP contribution is 2.30. The highest BCUT2D eigenvalue weighted by atomic mass is 32.2. The van der Waals surface area contributed by atoms with E-state index in [0.29, 0.717) is 21.8 Å². The van der Waals surface area contributed by atoms with Gasteiger partial charge in [0.25, 0.3) is 5.91 Å². The molecule has 3 rings (SSSR count). The molecule has 0 unspecified atom stereocenters. The monoisotopic (exact) mass is 454 g/mol. The maximum atomic E-state index is 13.8. The van der Waals surface area contributed by atoms with Gasteiger partial charge in [-0.2, -0.15) is 4.31 Å². The second-order valence-corrected chi connectivity index (χ2v) is 10.8. The van der Waals surface area contributed by atoms with Crippen molar-refractivity contribution >= 4 is 15.9 Å². The normalized spacial score (nSPS) is 12.2. The van der Waals surface area contributed by atoms with Gasteiger partial charge in [-0.05, 0) is 59.4 Å². The van der Waals surface area contributed by atoms with Crippen LogP contribution >= 0.6 is 0 Å². The average Bonchev–Trinajstić information content (AvgIpc) is 3.25. The molecule has 0 spiro atoms. The van der Waals surface area contributed by atoms with Gasteiger partial charge in [0, 0.05) is 19.2 Å². The lowest BCUT2D eigenvalue weighted by atomic mass is 9.87. The van der Waals surface area contributed by atoms with Crippen molar-refractivity contribution in [3.63, 3.8) is 0 Å². The number of sulfonamides is 1. The van der Waals surface area contributed by atoms with Gasteiger partial charge in [0.2, 0.25) is 10.0 Å². The zero-order valence-corrected chi connectivity index (χ0v) is 20.0. The van der Waals surface area contributed by atoms with Crippen molar-refractivity contribution in [3.05, 3.63) is 88.9 Å². The number of hydrogen-bond acceptors (Lipinski definition) is 4. The molecule has 0 saturated heterocycles. The lowest BCUT2D eigenvalue weighted by Gasteiger charge is -2.25. The lowest BCUT2D eigenvalue weighted by Crippen LogP contribution is -2.31. The number of rotatable bonds is 7. The van der Waals surface area contributed by atoms with E-state index < -0.39 is 10.0 Å². The summed E-state index contributed by atoms with van der Waals surface area (Å²) in [6.45, 7) is 8.23. The number of carbonyl (C=O) groups is 1. The minimum atomic E-state index is -3.83. The van der Waals surface area contributed by atoms with E-state index in [9.17, 15) is 13.2 Å². The van der Waals surface area contributed by atoms with Crippen LogP contribution in [0.1, 0.15) is 53.6 Å². The zero-order chi connectivity index (χ0) is 23.5. The van der Waals surface area contributed by atoms with Gasteiger partial charge in [-0.15, -0.1) is 0 Å². The number of amides is 1. The minimum absolute atomic E-state index is 0.103. The van der Waals surface area contributed by atoms with Gasteiger partial charge in [-0.25, -0.2) is 8.42 Å². The molecule has 0 bridgehead atoms. The Labute approximate surface area is 190 Å². The standard InChI is InChI=1S/C25H30N2O4S/c1-18-8-13-21(25(2,3)4)15-23(18)32(29,30)27(17-22-7-6-14-31-22)16-19-9-11-20(12-10-19)24(28)26-5/h6-15H,16-17H2,1-5H3,(H,26,28). The molecule has 32 heavy (non-hydrogen) atoms. The van der Waals surface area contributed by atoms with Gasteiger partial charge < -0.3 is 9.73 Å². The molecule has 3 aromatic rings. The zero-order valence-electron chi connectivity index (χ0n) is 19.2. The molecule has 7 heteroatoms. The summed E-state index contributed by atoms with van der Waals surface area (Å²) < 4.78 is 34.5. The molecule has 0 aliphatic carbocycles. The second kappa shape index (κ2) is 9.30. The molecule has 0 aliphatic heterocycles. The molecule has 2 aromatic carbocycles. The molecular weight excluding hydrogens is 424 g/mol. The largest absolute Gasteiger partial charge is 0.468 e. The van der Waals surface area contributed by atoms with Crippen molar-refractivity contribution in [3.8, 4) is 0 Å². The number of carbonyl (C=O) groups excluding carboxylic acids is 1. The van der Waals surface area contributed by atoms with Crippen molar-refractivity contribution in [2.75, 3.05) is 7.05 Å². The summed E-state index contributed by atoms with van der Waals surface area (Å²) in [7, 11) is -2.25. The van der Waals surface area contributed by atoms with E-state index in [2.05, 4.69) is 26.1 Å². The van der Waals surface area contributed by atoms with E-state index in [0.717, 1.165) is 11.1 Å². The van der Waals surface area contributed by atoms with Crippen LogP contribution in [-0.4, -0.2) is 25.7 Å². The predicted molar refractivity (Wildman–Crippen MR) is 125 cm³/mol. The van der Waals surface area contributed by atoms with Crippen molar-refractivity contribution in [1.82, 2.24) is 9.62 Å². The molecule has 1 N–H and O–H groups in total. The molecule has 0 radical (unpaired) electrons. The summed E-state index contributed by atoms with van der Waals surface area (Å²) in [5.74, 6) is 0.367. The summed E-state index contributed by atoms with van der Waals surface area (Å²) in [4.78, 5) is 12.1. The van der Waals surface area contributed by atoms with Gasteiger partial charge >= 0.3 is 0 Å². The fourth-order valence-corrected chi connectivity index (χ4v) is 5.04. The van der Waals surface area contributed by atoms with Crippen LogP contribution in [0.4, 0.5) is 0 Å². The van der Waals surface area contributed by atoms with E-state index in [4.69, 9.17) is 4.42 Å². The molecule has 1 heterocycles. The van der Waals surface area contributed by atoms with Crippen molar-refractivity contribution in [2.45, 2.75) is 51.1 Å². The number of nitrogens with zero attached hydrogens (tertiary/aromatic N) is 1. The second-order valence-electron chi connectivity index (χ2n) is 8.86. The van der Waals surface area contributed by atoms with Crippen LogP contribution in [0.5, 0.6) is 0 Å². The summed E-state index contributed by atoms with van der Waals surface area (Å²) in [6, 6.07) is 16.0. The maximum absolute atomic E-state index is 13.8. The van der Waals surface area contributed by atoms with Crippen LogP contribution in [0.2, 0.25) is 0 Å². The quantitative estimate of drug-likeness (QED) is 0.564. The fourth-order valence-electron chi connectivity index (χ4n) is 3.40. The lowest BCUT2D eigenvalue weighted by molar-refractivity contribution is 0.0963. The smallest absolute Gasteiger partial charge is 0.251 e. The minimum Gasteiger partial charge on any atom is -0.468 e. The van der Waals surface area contributed by atoms with Crippen LogP contribution in [0, 0.1) is 6.92 Å². The number of aryl methyl sites for hydroxylation is 1. The van der Waals surface area contributed by atoms with Gasteiger partial charge in [0.05, 0.1) is 17.7 Å². The van der Waals surface area contributed by atoms with Crippen molar-refractivity contribution in [1.29, 1.82) is 0 Å². The first-order valence-electron chi connectivity index (χ1n) is 10.5. The van der Waals surface area contributed by atoms with E-state index in [1.54, 1.807) is 49.5 Å². The first-order valence-corrected chi connectivity index (χ1v) is 11.9. The highest BCUT2D eigenvalue weighted by molar-refractivity contribution is 7.89. The molecule has 1 amide bonds. The Morgan fingerprint density at radius 3 is 2.28 bits per heavy atom. The van der Waals surface area contributed by atoms with Crippen LogP contribution in [0.25, 0.3) is 0 Å². The SMILES string of the molecule is CNC(=O)c1ccc(CN(Cc2ccco2)S(=O)(=O)c2cc(C(C)(C)C)ccc2C)cc1. The first-order chi connectivity index (χ1) is 15.0. The molecule has 0 atom stereocenters. The van der Waals surface area contributed by atoms with Gasteiger partial charge in [0.15, 0.2) is 0 Å². The molecule has 6 nitrogen and oxygen atoms in total. The molecule has 1 aromatic heterocycles. The molecule has 0 fully saturated rings. The maximum Gasteiger partial charge on any atom is 0.251 e. The Bertz CT molecular complexity index is 1180. The van der Waals surface area contributed by atoms with Gasteiger partial charge in [-0.3, -0.25) is 4.79 Å². The third-order valence-electron chi connectivity index (χ3n) is 5.39. The highest BCUT2D eigenvalue weighted by Gasteiger charge is 2.29. The Morgan fingerprint density at radius 2 is 1.72 bits per heavy atom. The van der Waals surface area contributed by atoms with Crippen molar-refractivity contribution < 1.29 is 17.6 Å². The molecule has 0 aliphatic rings. The van der Waals surface area contributed by atoms with Crippen LogP contribution in [-0.2, 0) is 28.5 Å². The summed E-state index contributed by atoms with van der Waals surface area (Å²) in [5.41, 5.74) is 2.76. The number of nitrogens with one attached hydrogen (secondary N) is 1. The summed E-state index contributed by atoms with van der Waals surface area (Å²) >= 11 is 0. The van der Waals surface area contributed by atoms with E-state index >= 15 is 0 Å². The van der Waals surface area contributed by atoms with Gasteiger partial charge in [0.1, 0.15) is 5.76 Å². The fraction of sp³-hybridized carbons (Fsp3) is 0.320. The summed E-state index contributed by atoms with van der Waals surface area (Å²) in [6.07, 6.45) is 1.53. The topological polar surface area (TPSA) is 79.6 Å². The van der Waals surface area contributed by atoms with Crippen LogP contribution < -0.4 is 5.32 Å². The third-order valence-corrected chi connectivity index (χ3v) is 7.32. The summed E-state index contributed by atoms with van der Waals surface area (Å²) in [5, 5.41) is 2.58. The predicted octanol–water partition coefficient (Wildman–Crippen LogP) is 4.64. The first kappa shape index (κ1) is 23.8. The molecule has 0 saturated carbocycles.